The third kappa shape index (κ3) is 5.24. The number of rotatable bonds is 4. The summed E-state index contributed by atoms with van der Waals surface area (Å²) >= 11 is 9.34. The normalized spacial score (nSPS) is 10.6. The monoisotopic (exact) mass is 524 g/mol. The number of nitrogens with one attached hydrogen (secondary N) is 3. The van der Waals surface area contributed by atoms with E-state index >= 15 is 0 Å². The van der Waals surface area contributed by atoms with E-state index in [9.17, 15) is 14.4 Å². The Hall–Kier alpha value is -3.62. The third-order valence-corrected chi connectivity index (χ3v) is 5.50. The van der Waals surface area contributed by atoms with Crippen LogP contribution < -0.4 is 16.1 Å². The van der Waals surface area contributed by atoms with Gasteiger partial charge in [0.2, 0.25) is 0 Å². The van der Waals surface area contributed by atoms with E-state index in [1.165, 1.54) is 10.7 Å². The van der Waals surface area contributed by atoms with Gasteiger partial charge in [0, 0.05) is 26.3 Å². The van der Waals surface area contributed by atoms with Crippen molar-refractivity contribution in [2.24, 2.45) is 0 Å². The highest BCUT2D eigenvalue weighted by atomic mass is 79.9. The molecular weight excluding hydrogens is 508 g/mol. The Labute approximate surface area is 202 Å². The van der Waals surface area contributed by atoms with E-state index in [1.807, 2.05) is 31.2 Å². The summed E-state index contributed by atoms with van der Waals surface area (Å²) in [5.74, 6) is -2.29. The highest BCUT2D eigenvalue weighted by Gasteiger charge is 2.21. The largest absolute Gasteiger partial charge is 0.328 e. The molecule has 3 amide bonds. The number of carbonyl (C=O) groups excluding carboxylic acids is 3. The van der Waals surface area contributed by atoms with Crippen molar-refractivity contribution >= 4 is 67.5 Å². The first-order chi connectivity index (χ1) is 15.8. The van der Waals surface area contributed by atoms with Crippen LogP contribution in [0.4, 0.5) is 11.4 Å². The molecule has 1 aromatic heterocycles. The van der Waals surface area contributed by atoms with Crippen LogP contribution in [0.1, 0.15) is 16.1 Å². The van der Waals surface area contributed by atoms with Gasteiger partial charge in [-0.25, -0.2) is 4.68 Å². The topological polar surface area (TPSA) is 92.2 Å². The number of anilines is 2. The Balaban J connectivity index is 1.63. The van der Waals surface area contributed by atoms with Crippen molar-refractivity contribution in [2.75, 3.05) is 16.1 Å². The SMILES string of the molecule is Cc1cccc(NC(=O)c2cc3cc(Br)ccc3n2NC(=O)C(=O)Nc2cccc(Cl)c2)c1. The molecule has 33 heavy (non-hydrogen) atoms. The first-order valence-electron chi connectivity index (χ1n) is 9.87. The molecule has 4 rings (SSSR count). The molecule has 0 radical (unpaired) electrons. The van der Waals surface area contributed by atoms with Crippen LogP contribution in [0.2, 0.25) is 5.02 Å². The van der Waals surface area contributed by atoms with Crippen LogP contribution in [0, 0.1) is 6.92 Å². The van der Waals surface area contributed by atoms with Crippen LogP contribution in [0.15, 0.2) is 77.3 Å². The molecule has 0 fully saturated rings. The molecule has 0 aliphatic rings. The molecule has 166 valence electrons. The Kier molecular flexibility index (Phi) is 6.48. The minimum Gasteiger partial charge on any atom is -0.321 e. The summed E-state index contributed by atoms with van der Waals surface area (Å²) < 4.78 is 2.11. The van der Waals surface area contributed by atoms with Crippen molar-refractivity contribution < 1.29 is 14.4 Å². The molecule has 0 saturated heterocycles. The quantitative estimate of drug-likeness (QED) is 0.315. The maximum Gasteiger partial charge on any atom is 0.328 e. The first-order valence-corrected chi connectivity index (χ1v) is 11.0. The maximum absolute atomic E-state index is 13.1. The standard InChI is InChI=1S/C24H18BrClN4O3/c1-14-4-2-6-18(10-14)27-22(31)21-12-15-11-16(25)8-9-20(15)30(21)29-24(33)23(32)28-19-7-3-5-17(26)13-19/h2-13H,1H3,(H,27,31)(H,28,32)(H,29,33). The highest BCUT2D eigenvalue weighted by Crippen LogP contribution is 2.24. The van der Waals surface area contributed by atoms with Crippen molar-refractivity contribution in [2.45, 2.75) is 6.92 Å². The van der Waals surface area contributed by atoms with Crippen molar-refractivity contribution in [3.05, 3.63) is 93.5 Å². The van der Waals surface area contributed by atoms with E-state index < -0.39 is 17.7 Å². The first kappa shape index (κ1) is 22.6. The fraction of sp³-hybridized carbons (Fsp3) is 0.0417. The number of fused-ring (bicyclic) bond motifs is 1. The lowest BCUT2D eigenvalue weighted by molar-refractivity contribution is -0.133. The molecule has 0 saturated carbocycles. The second-order valence-corrected chi connectivity index (χ2v) is 8.65. The van der Waals surface area contributed by atoms with Gasteiger partial charge in [0.25, 0.3) is 5.91 Å². The van der Waals surface area contributed by atoms with Gasteiger partial charge in [-0.05, 0) is 67.1 Å². The lowest BCUT2D eigenvalue weighted by Crippen LogP contribution is -2.36. The number of hydrogen-bond acceptors (Lipinski definition) is 3. The molecule has 0 aliphatic heterocycles. The summed E-state index contributed by atoms with van der Waals surface area (Å²) in [6.45, 7) is 1.92. The fourth-order valence-corrected chi connectivity index (χ4v) is 3.87. The van der Waals surface area contributed by atoms with Gasteiger partial charge >= 0.3 is 11.8 Å². The number of nitrogens with zero attached hydrogens (tertiary/aromatic N) is 1. The summed E-state index contributed by atoms with van der Waals surface area (Å²) in [4.78, 5) is 38.2. The molecule has 3 N–H and O–H groups in total. The van der Waals surface area contributed by atoms with E-state index in [1.54, 1.807) is 42.5 Å². The lowest BCUT2D eigenvalue weighted by atomic mass is 10.2. The van der Waals surface area contributed by atoms with Gasteiger partial charge in [0.15, 0.2) is 0 Å². The molecule has 0 atom stereocenters. The predicted octanol–water partition coefficient (Wildman–Crippen LogP) is 5.33. The van der Waals surface area contributed by atoms with Crippen LogP contribution >= 0.6 is 27.5 Å². The Morgan fingerprint density at radius 3 is 2.30 bits per heavy atom. The molecule has 3 aromatic carbocycles. The zero-order chi connectivity index (χ0) is 23.5. The summed E-state index contributed by atoms with van der Waals surface area (Å²) in [6.07, 6.45) is 0. The van der Waals surface area contributed by atoms with Gasteiger partial charge in [-0.3, -0.25) is 19.8 Å². The number of hydrogen-bond donors (Lipinski definition) is 3. The molecule has 0 spiro atoms. The van der Waals surface area contributed by atoms with E-state index in [4.69, 9.17) is 11.6 Å². The van der Waals surface area contributed by atoms with E-state index in [0.29, 0.717) is 27.3 Å². The lowest BCUT2D eigenvalue weighted by Gasteiger charge is -2.13. The molecule has 4 aromatic rings. The van der Waals surface area contributed by atoms with Crippen LogP contribution in [-0.2, 0) is 9.59 Å². The van der Waals surface area contributed by atoms with Crippen LogP contribution in [0.3, 0.4) is 0 Å². The van der Waals surface area contributed by atoms with Gasteiger partial charge in [0.1, 0.15) is 5.69 Å². The predicted molar refractivity (Wildman–Crippen MR) is 133 cm³/mol. The van der Waals surface area contributed by atoms with Gasteiger partial charge in [-0.1, -0.05) is 45.7 Å². The van der Waals surface area contributed by atoms with Crippen molar-refractivity contribution in [1.82, 2.24) is 4.68 Å². The molecule has 9 heteroatoms. The number of aryl methyl sites for hydroxylation is 1. The minimum absolute atomic E-state index is 0.161. The molecule has 7 nitrogen and oxygen atoms in total. The summed E-state index contributed by atoms with van der Waals surface area (Å²) in [5.41, 5.74) is 5.21. The summed E-state index contributed by atoms with van der Waals surface area (Å²) in [7, 11) is 0. The van der Waals surface area contributed by atoms with Gasteiger partial charge in [-0.2, -0.15) is 0 Å². The number of amides is 3. The van der Waals surface area contributed by atoms with E-state index in [0.717, 1.165) is 10.0 Å². The average molecular weight is 526 g/mol. The smallest absolute Gasteiger partial charge is 0.321 e. The fourth-order valence-electron chi connectivity index (χ4n) is 3.30. The molecular formula is C24H18BrClN4O3. The zero-order valence-electron chi connectivity index (χ0n) is 17.4. The minimum atomic E-state index is -0.944. The van der Waals surface area contributed by atoms with Crippen LogP contribution in [0.5, 0.6) is 0 Å². The number of halogens is 2. The Morgan fingerprint density at radius 1 is 0.848 bits per heavy atom. The van der Waals surface area contributed by atoms with Gasteiger partial charge in [0.05, 0.1) is 5.52 Å². The molecule has 0 bridgehead atoms. The number of aromatic nitrogens is 1. The van der Waals surface area contributed by atoms with Crippen molar-refractivity contribution in [3.8, 4) is 0 Å². The van der Waals surface area contributed by atoms with E-state index in [-0.39, 0.29) is 5.69 Å². The van der Waals surface area contributed by atoms with Crippen molar-refractivity contribution in [3.63, 3.8) is 0 Å². The maximum atomic E-state index is 13.1. The van der Waals surface area contributed by atoms with Crippen molar-refractivity contribution in [1.29, 1.82) is 0 Å². The molecule has 0 unspecified atom stereocenters. The molecule has 0 aliphatic carbocycles. The highest BCUT2D eigenvalue weighted by molar-refractivity contribution is 9.10. The Bertz CT molecular complexity index is 1400. The zero-order valence-corrected chi connectivity index (χ0v) is 19.7. The number of benzene rings is 3. The Morgan fingerprint density at radius 2 is 1.58 bits per heavy atom. The van der Waals surface area contributed by atoms with Gasteiger partial charge < -0.3 is 10.6 Å². The summed E-state index contributed by atoms with van der Waals surface area (Å²) in [5, 5.41) is 6.44. The molecule has 1 heterocycles. The van der Waals surface area contributed by atoms with Gasteiger partial charge in [-0.15, -0.1) is 0 Å². The van der Waals surface area contributed by atoms with Crippen LogP contribution in [-0.4, -0.2) is 22.4 Å². The number of carbonyl (C=O) groups is 3. The van der Waals surface area contributed by atoms with E-state index in [2.05, 4.69) is 32.0 Å². The summed E-state index contributed by atoms with van der Waals surface area (Å²) in [6, 6.07) is 20.8. The second-order valence-electron chi connectivity index (χ2n) is 7.30. The average Bonchev–Trinajstić information content (AvgIpc) is 3.11. The second kappa shape index (κ2) is 9.48. The third-order valence-electron chi connectivity index (χ3n) is 4.77. The van der Waals surface area contributed by atoms with Crippen LogP contribution in [0.25, 0.3) is 10.9 Å².